The summed E-state index contributed by atoms with van der Waals surface area (Å²) < 4.78 is 5.02. The van der Waals surface area contributed by atoms with E-state index < -0.39 is 6.04 Å². The first-order valence-corrected chi connectivity index (χ1v) is 8.72. The van der Waals surface area contributed by atoms with Crippen molar-refractivity contribution in [1.29, 1.82) is 0 Å². The Labute approximate surface area is 147 Å². The quantitative estimate of drug-likeness (QED) is 0.632. The lowest BCUT2D eigenvalue weighted by molar-refractivity contribution is -0.124. The molecule has 4 N–H and O–H groups in total. The smallest absolute Gasteiger partial charge is 0.409 e. The van der Waals surface area contributed by atoms with Crippen LogP contribution < -0.4 is 21.7 Å². The molecule has 0 aliphatic carbocycles. The zero-order valence-corrected chi connectivity index (χ0v) is 14.3. The monoisotopic (exact) mass is 347 g/mol. The van der Waals surface area contributed by atoms with Gasteiger partial charge in [-0.3, -0.25) is 4.79 Å². The molecule has 1 aromatic carbocycles. The van der Waals surface area contributed by atoms with E-state index in [0.717, 1.165) is 18.4 Å². The minimum atomic E-state index is -0.398. The van der Waals surface area contributed by atoms with Crippen LogP contribution >= 0.6 is 0 Å². The molecule has 2 saturated heterocycles. The first-order valence-electron chi connectivity index (χ1n) is 8.72. The average molecular weight is 347 g/mol. The number of likely N-dealkylation sites (tertiary alicyclic amines) is 1. The molecule has 2 atom stereocenters. The molecule has 0 spiro atoms. The number of piperidine rings is 1. The van der Waals surface area contributed by atoms with Crippen LogP contribution in [0.15, 0.2) is 30.3 Å². The molecule has 0 saturated carbocycles. The zero-order valence-electron chi connectivity index (χ0n) is 14.3. The number of hydrogen-bond donors (Lipinski definition) is 4. The van der Waals surface area contributed by atoms with Gasteiger partial charge in [-0.2, -0.15) is 5.53 Å². The number of rotatable bonds is 4. The molecule has 0 aromatic heterocycles. The summed E-state index contributed by atoms with van der Waals surface area (Å²) in [4.78, 5) is 26.1. The minimum Gasteiger partial charge on any atom is -0.450 e. The van der Waals surface area contributed by atoms with Crippen molar-refractivity contribution in [3.8, 4) is 0 Å². The number of hydrazine groups is 2. The summed E-state index contributed by atoms with van der Waals surface area (Å²) >= 11 is 0. The summed E-state index contributed by atoms with van der Waals surface area (Å²) in [6.45, 7) is 3.37. The number of carbonyl (C=O) groups is 2. The predicted octanol–water partition coefficient (Wildman–Crippen LogP) is 0.446. The second-order valence-electron chi connectivity index (χ2n) is 6.25. The molecule has 2 fully saturated rings. The van der Waals surface area contributed by atoms with Crippen molar-refractivity contribution in [2.45, 2.75) is 37.9 Å². The van der Waals surface area contributed by atoms with Crippen LogP contribution in [0.2, 0.25) is 0 Å². The first kappa shape index (κ1) is 17.7. The van der Waals surface area contributed by atoms with Gasteiger partial charge in [0.05, 0.1) is 12.6 Å². The molecule has 2 aliphatic heterocycles. The maximum atomic E-state index is 12.7. The van der Waals surface area contributed by atoms with Crippen molar-refractivity contribution in [1.82, 2.24) is 26.6 Å². The summed E-state index contributed by atoms with van der Waals surface area (Å²) in [5.74, 6) is -0.0547. The van der Waals surface area contributed by atoms with Gasteiger partial charge in [0, 0.05) is 19.1 Å². The van der Waals surface area contributed by atoms with Crippen LogP contribution in [0.4, 0.5) is 4.79 Å². The molecule has 2 heterocycles. The third-order valence-electron chi connectivity index (χ3n) is 4.60. The van der Waals surface area contributed by atoms with E-state index in [4.69, 9.17) is 4.74 Å². The molecule has 0 bridgehead atoms. The molecular weight excluding hydrogens is 322 g/mol. The Kier molecular flexibility index (Phi) is 5.85. The molecule has 136 valence electrons. The van der Waals surface area contributed by atoms with Crippen molar-refractivity contribution in [3.63, 3.8) is 0 Å². The Hall–Kier alpha value is -2.16. The molecule has 8 heteroatoms. The van der Waals surface area contributed by atoms with Crippen LogP contribution in [0.1, 0.15) is 31.4 Å². The Balaban J connectivity index is 1.52. The van der Waals surface area contributed by atoms with Gasteiger partial charge in [-0.25, -0.2) is 15.6 Å². The van der Waals surface area contributed by atoms with E-state index in [2.05, 4.69) is 21.7 Å². The number of nitrogens with zero attached hydrogens (tertiary/aromatic N) is 1. The average Bonchev–Trinajstić information content (AvgIpc) is 3.13. The predicted molar refractivity (Wildman–Crippen MR) is 92.1 cm³/mol. The molecular formula is C17H25N5O3. The van der Waals surface area contributed by atoms with Gasteiger partial charge in [0.25, 0.3) is 0 Å². The highest BCUT2D eigenvalue weighted by atomic mass is 16.6. The van der Waals surface area contributed by atoms with Crippen LogP contribution in [0.3, 0.4) is 0 Å². The summed E-state index contributed by atoms with van der Waals surface area (Å²) in [5.41, 5.74) is 9.95. The lowest BCUT2D eigenvalue weighted by atomic mass is 9.99. The van der Waals surface area contributed by atoms with Crippen molar-refractivity contribution in [2.75, 3.05) is 19.7 Å². The number of amides is 2. The number of carbonyl (C=O) groups excluding carboxylic acids is 2. The van der Waals surface area contributed by atoms with E-state index in [0.29, 0.717) is 19.7 Å². The lowest BCUT2D eigenvalue weighted by Gasteiger charge is -2.32. The highest BCUT2D eigenvalue weighted by Gasteiger charge is 2.35. The Morgan fingerprint density at radius 3 is 2.60 bits per heavy atom. The second kappa shape index (κ2) is 8.28. The van der Waals surface area contributed by atoms with Gasteiger partial charge >= 0.3 is 6.09 Å². The van der Waals surface area contributed by atoms with Gasteiger partial charge < -0.3 is 15.0 Å². The largest absolute Gasteiger partial charge is 0.450 e. The Morgan fingerprint density at radius 1 is 1.20 bits per heavy atom. The summed E-state index contributed by atoms with van der Waals surface area (Å²) in [6, 6.07) is 9.37. The Morgan fingerprint density at radius 2 is 1.92 bits per heavy atom. The number of nitrogens with one attached hydrogen (secondary N) is 4. The van der Waals surface area contributed by atoms with Crippen LogP contribution in [-0.4, -0.2) is 48.7 Å². The lowest BCUT2D eigenvalue weighted by Crippen LogP contribution is -2.52. The summed E-state index contributed by atoms with van der Waals surface area (Å²) in [5, 5.41) is 3.09. The fourth-order valence-electron chi connectivity index (χ4n) is 3.23. The number of benzene rings is 1. The van der Waals surface area contributed by atoms with Crippen LogP contribution in [0.5, 0.6) is 0 Å². The molecule has 1 aromatic rings. The van der Waals surface area contributed by atoms with Gasteiger partial charge in [-0.15, -0.1) is 0 Å². The van der Waals surface area contributed by atoms with Crippen LogP contribution in [0, 0.1) is 0 Å². The van der Waals surface area contributed by atoms with E-state index >= 15 is 0 Å². The number of ether oxygens (including phenoxy) is 1. The van der Waals surface area contributed by atoms with Crippen LogP contribution in [-0.2, 0) is 9.53 Å². The van der Waals surface area contributed by atoms with E-state index in [1.165, 1.54) is 0 Å². The van der Waals surface area contributed by atoms with E-state index in [1.54, 1.807) is 11.8 Å². The van der Waals surface area contributed by atoms with Gasteiger partial charge in [0.15, 0.2) is 0 Å². The minimum absolute atomic E-state index is 0.0547. The summed E-state index contributed by atoms with van der Waals surface area (Å²) in [6.07, 6.45) is 1.18. The molecule has 2 aliphatic rings. The topological polar surface area (TPSA) is 94.7 Å². The van der Waals surface area contributed by atoms with Crippen molar-refractivity contribution in [3.05, 3.63) is 35.9 Å². The molecule has 0 radical (unpaired) electrons. The van der Waals surface area contributed by atoms with E-state index in [1.807, 2.05) is 30.3 Å². The van der Waals surface area contributed by atoms with Gasteiger partial charge in [0.2, 0.25) is 5.91 Å². The van der Waals surface area contributed by atoms with Crippen molar-refractivity contribution < 1.29 is 14.3 Å². The van der Waals surface area contributed by atoms with Gasteiger partial charge in [0.1, 0.15) is 6.04 Å². The third kappa shape index (κ3) is 4.28. The molecule has 8 nitrogen and oxygen atoms in total. The van der Waals surface area contributed by atoms with Crippen LogP contribution in [0.25, 0.3) is 0 Å². The molecule has 2 unspecified atom stereocenters. The molecule has 2 amide bonds. The van der Waals surface area contributed by atoms with Crippen molar-refractivity contribution >= 4 is 12.0 Å². The normalized spacial score (nSPS) is 24.1. The fraction of sp³-hybridized carbons (Fsp3) is 0.529. The Bertz CT molecular complexity index is 589. The molecule has 3 rings (SSSR count). The highest BCUT2D eigenvalue weighted by Crippen LogP contribution is 2.19. The van der Waals surface area contributed by atoms with Gasteiger partial charge in [-0.05, 0) is 25.3 Å². The maximum absolute atomic E-state index is 12.7. The van der Waals surface area contributed by atoms with E-state index in [9.17, 15) is 9.59 Å². The standard InChI is InChI=1S/C17H25N5O3/c1-2-25-17(24)22-10-8-13(9-11-22)18-16(23)15-14(19-21-20-15)12-6-4-3-5-7-12/h3-7,13-15,19-21H,2,8-11H2,1H3,(H,18,23). The third-order valence-corrected chi connectivity index (χ3v) is 4.60. The first-order chi connectivity index (χ1) is 12.2. The number of hydrogen-bond acceptors (Lipinski definition) is 6. The highest BCUT2D eigenvalue weighted by molar-refractivity contribution is 5.83. The second-order valence-corrected chi connectivity index (χ2v) is 6.25. The zero-order chi connectivity index (χ0) is 17.6. The summed E-state index contributed by atoms with van der Waals surface area (Å²) in [7, 11) is 0. The van der Waals surface area contributed by atoms with Crippen molar-refractivity contribution in [2.24, 2.45) is 0 Å². The molecule has 25 heavy (non-hydrogen) atoms. The maximum Gasteiger partial charge on any atom is 0.409 e. The van der Waals surface area contributed by atoms with E-state index in [-0.39, 0.29) is 24.1 Å². The van der Waals surface area contributed by atoms with Gasteiger partial charge in [-0.1, -0.05) is 30.3 Å². The fourth-order valence-corrected chi connectivity index (χ4v) is 3.23. The SMILES string of the molecule is CCOC(=O)N1CCC(NC(=O)C2NNNC2c2ccccc2)CC1.